The second kappa shape index (κ2) is 6.63. The highest BCUT2D eigenvalue weighted by Gasteiger charge is 2.19. The topological polar surface area (TPSA) is 45.8 Å². The Morgan fingerprint density at radius 3 is 2.25 bits per heavy atom. The van der Waals surface area contributed by atoms with Gasteiger partial charge in [0.05, 0.1) is 10.9 Å². The highest BCUT2D eigenvalue weighted by molar-refractivity contribution is 7.17. The summed E-state index contributed by atoms with van der Waals surface area (Å²) in [6.45, 7) is 6.42. The molecule has 28 heavy (non-hydrogen) atoms. The number of rotatable bonds is 2. The van der Waals surface area contributed by atoms with Crippen molar-refractivity contribution in [2.24, 2.45) is 0 Å². The average molecular weight is 396 g/mol. The highest BCUT2D eigenvalue weighted by atomic mass is 32.1. The van der Waals surface area contributed by atoms with Crippen molar-refractivity contribution in [1.82, 2.24) is 9.97 Å². The van der Waals surface area contributed by atoms with Gasteiger partial charge in [-0.1, -0.05) is 51.1 Å². The molecule has 4 rings (SSSR count). The van der Waals surface area contributed by atoms with Crippen LogP contribution in [-0.2, 0) is 5.41 Å². The number of nitrogens with one attached hydrogen (secondary N) is 1. The van der Waals surface area contributed by atoms with Gasteiger partial charge in [0.25, 0.3) is 5.56 Å². The molecule has 0 saturated heterocycles. The number of aromatic amines is 1. The predicted molar refractivity (Wildman–Crippen MR) is 110 cm³/mol. The quantitative estimate of drug-likeness (QED) is 0.459. The molecule has 0 aliphatic rings. The monoisotopic (exact) mass is 396 g/mol. The number of aromatic nitrogens is 2. The van der Waals surface area contributed by atoms with Crippen molar-refractivity contribution in [3.05, 3.63) is 75.4 Å². The van der Waals surface area contributed by atoms with Crippen LogP contribution in [0.1, 0.15) is 26.3 Å². The first-order valence-electron chi connectivity index (χ1n) is 8.82. The summed E-state index contributed by atoms with van der Waals surface area (Å²) in [5.74, 6) is -1.64. The summed E-state index contributed by atoms with van der Waals surface area (Å²) in [6, 6.07) is 11.6. The summed E-state index contributed by atoms with van der Waals surface area (Å²) in [5.41, 5.74) is 2.14. The van der Waals surface area contributed by atoms with Gasteiger partial charge in [-0.3, -0.25) is 4.79 Å². The minimum atomic E-state index is -0.767. The van der Waals surface area contributed by atoms with Crippen molar-refractivity contribution in [2.45, 2.75) is 26.2 Å². The van der Waals surface area contributed by atoms with E-state index in [9.17, 15) is 13.6 Å². The Hall–Kier alpha value is -2.86. The van der Waals surface area contributed by atoms with Gasteiger partial charge in [-0.2, -0.15) is 0 Å². The number of hydrogen-bond donors (Lipinski definition) is 1. The molecular weight excluding hydrogens is 378 g/mol. The molecule has 2 heterocycles. The highest BCUT2D eigenvalue weighted by Crippen LogP contribution is 2.33. The Kier molecular flexibility index (Phi) is 4.38. The molecule has 6 heteroatoms. The van der Waals surface area contributed by atoms with Gasteiger partial charge in [-0.15, -0.1) is 11.3 Å². The van der Waals surface area contributed by atoms with E-state index in [1.54, 1.807) is 0 Å². The van der Waals surface area contributed by atoms with E-state index in [2.05, 4.69) is 30.7 Å². The van der Waals surface area contributed by atoms with Gasteiger partial charge in [0.15, 0.2) is 0 Å². The molecule has 0 saturated carbocycles. The molecule has 0 bridgehead atoms. The fourth-order valence-corrected chi connectivity index (χ4v) is 4.10. The summed E-state index contributed by atoms with van der Waals surface area (Å²) in [6.07, 6.45) is 0. The SMILES string of the molecule is CC(C)(C)c1ccc(-c2csc3nc(-c4c(F)cccc4F)[nH]c(=O)c23)cc1. The maximum Gasteiger partial charge on any atom is 0.260 e. The van der Waals surface area contributed by atoms with E-state index in [1.807, 2.05) is 29.6 Å². The van der Waals surface area contributed by atoms with Crippen molar-refractivity contribution in [3.63, 3.8) is 0 Å². The van der Waals surface area contributed by atoms with Gasteiger partial charge in [0.1, 0.15) is 22.3 Å². The maximum atomic E-state index is 14.1. The third-order valence-electron chi connectivity index (χ3n) is 4.71. The molecule has 0 fully saturated rings. The van der Waals surface area contributed by atoms with E-state index < -0.39 is 17.2 Å². The third kappa shape index (κ3) is 3.14. The molecule has 2 aromatic heterocycles. The van der Waals surface area contributed by atoms with Crippen LogP contribution < -0.4 is 5.56 Å². The first kappa shape index (κ1) is 18.5. The van der Waals surface area contributed by atoms with Gasteiger partial charge in [-0.25, -0.2) is 13.8 Å². The van der Waals surface area contributed by atoms with Gasteiger partial charge in [0.2, 0.25) is 0 Å². The van der Waals surface area contributed by atoms with Crippen LogP contribution in [0.4, 0.5) is 8.78 Å². The van der Waals surface area contributed by atoms with Crippen LogP contribution in [-0.4, -0.2) is 9.97 Å². The molecule has 4 aromatic rings. The lowest BCUT2D eigenvalue weighted by Crippen LogP contribution is -2.11. The molecule has 0 atom stereocenters. The lowest BCUT2D eigenvalue weighted by atomic mass is 9.86. The molecule has 0 radical (unpaired) electrons. The number of benzene rings is 2. The largest absolute Gasteiger partial charge is 0.306 e. The smallest absolute Gasteiger partial charge is 0.260 e. The number of thiophene rings is 1. The first-order valence-corrected chi connectivity index (χ1v) is 9.70. The fraction of sp³-hybridized carbons (Fsp3) is 0.182. The summed E-state index contributed by atoms with van der Waals surface area (Å²) in [5, 5.41) is 2.27. The summed E-state index contributed by atoms with van der Waals surface area (Å²) < 4.78 is 28.1. The lowest BCUT2D eigenvalue weighted by Gasteiger charge is -2.19. The Bertz CT molecular complexity index is 1210. The van der Waals surface area contributed by atoms with E-state index in [0.717, 1.165) is 23.3 Å². The Balaban J connectivity index is 1.85. The Morgan fingerprint density at radius 1 is 1.00 bits per heavy atom. The first-order chi connectivity index (χ1) is 13.3. The van der Waals surface area contributed by atoms with Crippen LogP contribution in [0.5, 0.6) is 0 Å². The number of nitrogens with zero attached hydrogens (tertiary/aromatic N) is 1. The molecule has 0 amide bonds. The molecule has 1 N–H and O–H groups in total. The van der Waals surface area contributed by atoms with Crippen molar-refractivity contribution in [3.8, 4) is 22.5 Å². The van der Waals surface area contributed by atoms with E-state index in [0.29, 0.717) is 10.2 Å². The molecule has 0 unspecified atom stereocenters. The summed E-state index contributed by atoms with van der Waals surface area (Å²) >= 11 is 1.28. The minimum Gasteiger partial charge on any atom is -0.306 e. The van der Waals surface area contributed by atoms with Crippen LogP contribution in [0, 0.1) is 11.6 Å². The number of fused-ring (bicyclic) bond motifs is 1. The molecule has 142 valence electrons. The normalized spacial score (nSPS) is 11.9. The van der Waals surface area contributed by atoms with E-state index in [4.69, 9.17) is 0 Å². The zero-order valence-electron chi connectivity index (χ0n) is 15.6. The zero-order chi connectivity index (χ0) is 20.1. The number of H-pyrrole nitrogens is 1. The van der Waals surface area contributed by atoms with Crippen molar-refractivity contribution < 1.29 is 8.78 Å². The zero-order valence-corrected chi connectivity index (χ0v) is 16.5. The summed E-state index contributed by atoms with van der Waals surface area (Å²) in [4.78, 5) is 20.0. The number of hydrogen-bond acceptors (Lipinski definition) is 3. The van der Waals surface area contributed by atoms with E-state index >= 15 is 0 Å². The third-order valence-corrected chi connectivity index (χ3v) is 5.58. The Labute approximate surface area is 164 Å². The van der Waals surface area contributed by atoms with E-state index in [-0.39, 0.29) is 16.8 Å². The fourth-order valence-electron chi connectivity index (χ4n) is 3.15. The van der Waals surface area contributed by atoms with Gasteiger partial charge >= 0.3 is 0 Å². The van der Waals surface area contributed by atoms with Gasteiger partial charge < -0.3 is 4.98 Å². The molecular formula is C22H18F2N2OS. The molecule has 3 nitrogen and oxygen atoms in total. The molecule has 0 aliphatic carbocycles. The second-order valence-electron chi connectivity index (χ2n) is 7.67. The maximum absolute atomic E-state index is 14.1. The molecule has 0 aliphatic heterocycles. The van der Waals surface area contributed by atoms with Crippen molar-refractivity contribution >= 4 is 21.6 Å². The van der Waals surface area contributed by atoms with Crippen LogP contribution >= 0.6 is 11.3 Å². The average Bonchev–Trinajstić information content (AvgIpc) is 3.05. The predicted octanol–water partition coefficient (Wildman–Crippen LogP) is 5.89. The van der Waals surface area contributed by atoms with Crippen molar-refractivity contribution in [1.29, 1.82) is 0 Å². The van der Waals surface area contributed by atoms with E-state index in [1.165, 1.54) is 23.0 Å². The second-order valence-corrected chi connectivity index (χ2v) is 8.53. The minimum absolute atomic E-state index is 0.0347. The summed E-state index contributed by atoms with van der Waals surface area (Å²) in [7, 11) is 0. The Morgan fingerprint density at radius 2 is 1.64 bits per heavy atom. The number of halogens is 2. The molecule has 0 spiro atoms. The van der Waals surface area contributed by atoms with Gasteiger partial charge in [-0.05, 0) is 28.7 Å². The van der Waals surface area contributed by atoms with Crippen LogP contribution in [0.15, 0.2) is 52.6 Å². The van der Waals surface area contributed by atoms with Crippen LogP contribution in [0.25, 0.3) is 32.7 Å². The lowest BCUT2D eigenvalue weighted by molar-refractivity contribution is 0.587. The van der Waals surface area contributed by atoms with Crippen molar-refractivity contribution in [2.75, 3.05) is 0 Å². The van der Waals surface area contributed by atoms with Crippen LogP contribution in [0.2, 0.25) is 0 Å². The standard InChI is InChI=1S/C22H18F2N2OS/c1-22(2,3)13-9-7-12(8-10-13)14-11-28-21-17(14)20(27)25-19(26-21)18-15(23)5-4-6-16(18)24/h4-11H,1-3H3,(H,25,26,27). The molecule has 2 aromatic carbocycles. The van der Waals surface area contributed by atoms with Gasteiger partial charge in [0, 0.05) is 10.9 Å². The van der Waals surface area contributed by atoms with Crippen LogP contribution in [0.3, 0.4) is 0 Å².